The lowest BCUT2D eigenvalue weighted by atomic mass is 10.1. The number of nitrogens with zero attached hydrogens (tertiary/aromatic N) is 1. The highest BCUT2D eigenvalue weighted by molar-refractivity contribution is 5.27. The molecule has 1 aromatic heterocycles. The fourth-order valence-corrected chi connectivity index (χ4v) is 1.39. The van der Waals surface area contributed by atoms with Crippen LogP contribution < -0.4 is 0 Å². The molecule has 0 aliphatic heterocycles. The Bertz CT molecular complexity index is 459. The number of hydrogen-bond acceptors (Lipinski definition) is 4. The summed E-state index contributed by atoms with van der Waals surface area (Å²) >= 11 is 0. The number of oxazole rings is 1. The van der Waals surface area contributed by atoms with Crippen molar-refractivity contribution in [3.63, 3.8) is 0 Å². The van der Waals surface area contributed by atoms with Crippen LogP contribution >= 0.6 is 0 Å². The van der Waals surface area contributed by atoms with Crippen LogP contribution in [-0.2, 0) is 6.42 Å². The van der Waals surface area contributed by atoms with Crippen molar-refractivity contribution in [3.05, 3.63) is 47.7 Å². The highest BCUT2D eigenvalue weighted by atomic mass is 16.3. The first-order chi connectivity index (χ1) is 7.65. The Morgan fingerprint density at radius 2 is 2.00 bits per heavy atom. The fraction of sp³-hybridized carbons (Fsp3) is 0.250. The fourth-order valence-electron chi connectivity index (χ4n) is 1.39. The number of aliphatic hydroxyl groups is 1. The molecule has 2 aromatic rings. The lowest BCUT2D eigenvalue weighted by Crippen LogP contribution is -1.93. The summed E-state index contributed by atoms with van der Waals surface area (Å²) in [6.07, 6.45) is 1.39. The van der Waals surface area contributed by atoms with E-state index in [1.165, 1.54) is 6.26 Å². The van der Waals surface area contributed by atoms with Crippen molar-refractivity contribution in [1.82, 2.24) is 4.98 Å². The van der Waals surface area contributed by atoms with Gasteiger partial charge in [0.25, 0.3) is 0 Å². The summed E-state index contributed by atoms with van der Waals surface area (Å²) in [7, 11) is 0. The van der Waals surface area contributed by atoms with Gasteiger partial charge in [0.2, 0.25) is 0 Å². The topological polar surface area (TPSA) is 66.5 Å². The maximum absolute atomic E-state index is 9.28. The summed E-state index contributed by atoms with van der Waals surface area (Å²) < 4.78 is 5.23. The van der Waals surface area contributed by atoms with Gasteiger partial charge >= 0.3 is 0 Å². The number of aliphatic hydroxyl groups excluding tert-OH is 1. The first kappa shape index (κ1) is 10.7. The number of rotatable bonds is 3. The molecule has 1 unspecified atom stereocenters. The molecular formula is C12H13NO3. The second-order valence-electron chi connectivity index (χ2n) is 3.69. The van der Waals surface area contributed by atoms with E-state index in [4.69, 9.17) is 9.52 Å². The minimum Gasteiger partial charge on any atom is -0.508 e. The minimum absolute atomic E-state index is 0.237. The van der Waals surface area contributed by atoms with E-state index in [-0.39, 0.29) is 5.75 Å². The van der Waals surface area contributed by atoms with Gasteiger partial charge in [-0.1, -0.05) is 12.1 Å². The smallest absolute Gasteiger partial charge is 0.198 e. The molecule has 1 aromatic carbocycles. The van der Waals surface area contributed by atoms with Gasteiger partial charge in [-0.2, -0.15) is 0 Å². The maximum Gasteiger partial charge on any atom is 0.198 e. The lowest BCUT2D eigenvalue weighted by Gasteiger charge is -1.97. The number of hydrogen-bond donors (Lipinski definition) is 2. The zero-order valence-corrected chi connectivity index (χ0v) is 8.92. The number of aromatic hydroxyl groups is 1. The van der Waals surface area contributed by atoms with Gasteiger partial charge in [0, 0.05) is 6.42 Å². The van der Waals surface area contributed by atoms with Crippen LogP contribution in [0, 0.1) is 0 Å². The minimum atomic E-state index is -0.614. The molecule has 1 heterocycles. The highest BCUT2D eigenvalue weighted by Crippen LogP contribution is 2.16. The quantitative estimate of drug-likeness (QED) is 0.828. The molecule has 4 nitrogen and oxygen atoms in total. The molecule has 4 heteroatoms. The monoisotopic (exact) mass is 219 g/mol. The van der Waals surface area contributed by atoms with E-state index in [1.54, 1.807) is 19.1 Å². The van der Waals surface area contributed by atoms with Crippen molar-refractivity contribution in [3.8, 4) is 5.75 Å². The molecule has 0 spiro atoms. The van der Waals surface area contributed by atoms with E-state index in [0.29, 0.717) is 18.0 Å². The summed E-state index contributed by atoms with van der Waals surface area (Å²) in [4.78, 5) is 4.15. The molecule has 0 radical (unpaired) electrons. The lowest BCUT2D eigenvalue weighted by molar-refractivity contribution is 0.194. The molecule has 0 amide bonds. The van der Waals surface area contributed by atoms with E-state index in [1.807, 2.05) is 12.1 Å². The number of aromatic nitrogens is 1. The zero-order valence-electron chi connectivity index (χ0n) is 8.92. The Morgan fingerprint density at radius 3 is 2.56 bits per heavy atom. The highest BCUT2D eigenvalue weighted by Gasteiger charge is 2.08. The van der Waals surface area contributed by atoms with Gasteiger partial charge in [-0.15, -0.1) is 0 Å². The van der Waals surface area contributed by atoms with Crippen molar-refractivity contribution in [2.24, 2.45) is 0 Å². The van der Waals surface area contributed by atoms with Gasteiger partial charge in [0.05, 0.1) is 6.10 Å². The second-order valence-corrected chi connectivity index (χ2v) is 3.69. The summed E-state index contributed by atoms with van der Waals surface area (Å²) in [6, 6.07) is 6.85. The van der Waals surface area contributed by atoms with Crippen molar-refractivity contribution in [1.29, 1.82) is 0 Å². The number of phenols is 1. The molecule has 16 heavy (non-hydrogen) atoms. The first-order valence-electron chi connectivity index (χ1n) is 5.05. The normalized spacial score (nSPS) is 12.6. The van der Waals surface area contributed by atoms with Crippen molar-refractivity contribution in [2.45, 2.75) is 19.4 Å². The van der Waals surface area contributed by atoms with Gasteiger partial charge in [0.15, 0.2) is 5.89 Å². The molecule has 0 saturated carbocycles. The predicted octanol–water partition coefficient (Wildman–Crippen LogP) is 2.02. The van der Waals surface area contributed by atoms with Crippen LogP contribution in [-0.4, -0.2) is 15.2 Å². The third kappa shape index (κ3) is 2.41. The average molecular weight is 219 g/mol. The molecule has 0 bridgehead atoms. The summed E-state index contributed by atoms with van der Waals surface area (Å²) in [6.45, 7) is 1.64. The Balaban J connectivity index is 2.11. The molecule has 0 saturated heterocycles. The average Bonchev–Trinajstić information content (AvgIpc) is 2.70. The summed E-state index contributed by atoms with van der Waals surface area (Å²) in [5.74, 6) is 0.794. The van der Waals surface area contributed by atoms with Crippen LogP contribution in [0.1, 0.15) is 30.2 Å². The van der Waals surface area contributed by atoms with E-state index in [9.17, 15) is 5.11 Å². The van der Waals surface area contributed by atoms with Gasteiger partial charge < -0.3 is 14.6 Å². The van der Waals surface area contributed by atoms with E-state index in [0.717, 1.165) is 5.56 Å². The molecule has 84 valence electrons. The van der Waals surface area contributed by atoms with Crippen molar-refractivity contribution < 1.29 is 14.6 Å². The third-order valence-corrected chi connectivity index (χ3v) is 2.29. The first-order valence-corrected chi connectivity index (χ1v) is 5.05. The summed E-state index contributed by atoms with van der Waals surface area (Å²) in [5.41, 5.74) is 1.53. The van der Waals surface area contributed by atoms with Crippen LogP contribution in [0.5, 0.6) is 5.75 Å². The molecule has 2 rings (SSSR count). The molecule has 0 aliphatic rings. The Kier molecular flexibility index (Phi) is 2.92. The molecular weight excluding hydrogens is 206 g/mol. The molecule has 1 atom stereocenters. The van der Waals surface area contributed by atoms with Crippen LogP contribution in [0.15, 0.2) is 34.9 Å². The Morgan fingerprint density at radius 1 is 1.31 bits per heavy atom. The zero-order chi connectivity index (χ0) is 11.5. The number of phenolic OH excluding ortho intramolecular Hbond substituents is 1. The molecule has 0 aliphatic carbocycles. The molecule has 2 N–H and O–H groups in total. The van der Waals surface area contributed by atoms with Crippen LogP contribution in [0.2, 0.25) is 0 Å². The third-order valence-electron chi connectivity index (χ3n) is 2.29. The van der Waals surface area contributed by atoms with Gasteiger partial charge in [-0.25, -0.2) is 4.98 Å². The van der Waals surface area contributed by atoms with E-state index in [2.05, 4.69) is 4.98 Å². The van der Waals surface area contributed by atoms with Crippen LogP contribution in [0.25, 0.3) is 0 Å². The van der Waals surface area contributed by atoms with Crippen molar-refractivity contribution in [2.75, 3.05) is 0 Å². The predicted molar refractivity (Wildman–Crippen MR) is 58.0 cm³/mol. The van der Waals surface area contributed by atoms with Crippen LogP contribution in [0.4, 0.5) is 0 Å². The van der Waals surface area contributed by atoms with Gasteiger partial charge in [0.1, 0.15) is 17.7 Å². The van der Waals surface area contributed by atoms with E-state index >= 15 is 0 Å². The maximum atomic E-state index is 9.28. The van der Waals surface area contributed by atoms with Gasteiger partial charge in [-0.05, 0) is 24.6 Å². The summed E-state index contributed by atoms with van der Waals surface area (Å²) in [5, 5.41) is 18.4. The van der Waals surface area contributed by atoms with Gasteiger partial charge in [-0.3, -0.25) is 0 Å². The number of benzene rings is 1. The van der Waals surface area contributed by atoms with Crippen LogP contribution in [0.3, 0.4) is 0 Å². The Labute approximate surface area is 93.2 Å². The standard InChI is InChI=1S/C12H13NO3/c1-8(14)11-7-16-12(13-11)6-9-2-4-10(15)5-3-9/h2-5,7-8,14-15H,6H2,1H3. The molecule has 0 fully saturated rings. The van der Waals surface area contributed by atoms with Crippen molar-refractivity contribution >= 4 is 0 Å². The van der Waals surface area contributed by atoms with E-state index < -0.39 is 6.10 Å². The SMILES string of the molecule is CC(O)c1coc(Cc2ccc(O)cc2)n1. The Hall–Kier alpha value is -1.81. The largest absolute Gasteiger partial charge is 0.508 e. The second kappa shape index (κ2) is 4.37.